The lowest BCUT2D eigenvalue weighted by Gasteiger charge is -1.98. The van der Waals surface area contributed by atoms with E-state index in [-0.39, 0.29) is 22.8 Å². The molecule has 0 spiro atoms. The van der Waals surface area contributed by atoms with E-state index < -0.39 is 17.5 Å². The minimum absolute atomic E-state index is 0.0192. The molecule has 0 aliphatic rings. The number of hydrogen-bond donors (Lipinski definition) is 1. The summed E-state index contributed by atoms with van der Waals surface area (Å²) < 4.78 is 44.7. The van der Waals surface area contributed by atoms with Crippen molar-refractivity contribution in [3.63, 3.8) is 0 Å². The van der Waals surface area contributed by atoms with Crippen molar-refractivity contribution in [2.75, 3.05) is 5.73 Å². The molecule has 0 aliphatic carbocycles. The van der Waals surface area contributed by atoms with Gasteiger partial charge in [-0.15, -0.1) is 0 Å². The maximum Gasteiger partial charge on any atom is 0.261 e. The van der Waals surface area contributed by atoms with Gasteiger partial charge in [0.25, 0.3) is 5.89 Å². The number of nitrogens with zero attached hydrogens (tertiary/aromatic N) is 2. The van der Waals surface area contributed by atoms with E-state index in [1.165, 1.54) is 24.3 Å². The first kappa shape index (κ1) is 13.2. The third-order valence-electron chi connectivity index (χ3n) is 2.82. The van der Waals surface area contributed by atoms with Crippen LogP contribution >= 0.6 is 0 Å². The summed E-state index contributed by atoms with van der Waals surface area (Å²) in [6, 6.07) is 7.08. The van der Waals surface area contributed by atoms with Crippen LogP contribution in [0.2, 0.25) is 0 Å². The highest BCUT2D eigenvalue weighted by molar-refractivity contribution is 5.63. The third-order valence-corrected chi connectivity index (χ3v) is 2.82. The van der Waals surface area contributed by atoms with Crippen molar-refractivity contribution in [3.8, 4) is 22.8 Å². The van der Waals surface area contributed by atoms with E-state index >= 15 is 0 Å². The van der Waals surface area contributed by atoms with Crippen molar-refractivity contribution in [1.82, 2.24) is 10.1 Å². The van der Waals surface area contributed by atoms with Crippen LogP contribution in [0.4, 0.5) is 18.9 Å². The predicted octanol–water partition coefficient (Wildman–Crippen LogP) is 3.40. The molecular formula is C14H8F3N3O. The molecule has 0 saturated carbocycles. The molecule has 0 fully saturated rings. The summed E-state index contributed by atoms with van der Waals surface area (Å²) in [5.41, 5.74) is 6.16. The topological polar surface area (TPSA) is 64.9 Å². The summed E-state index contributed by atoms with van der Waals surface area (Å²) in [5, 5.41) is 3.62. The van der Waals surface area contributed by atoms with Crippen molar-refractivity contribution in [3.05, 3.63) is 53.8 Å². The SMILES string of the molecule is Nc1ccc(F)c(-c2nc(-c3ccc(F)c(F)c3)no2)c1. The number of hydrogen-bond acceptors (Lipinski definition) is 4. The second-order valence-electron chi connectivity index (χ2n) is 4.29. The first-order valence-corrected chi connectivity index (χ1v) is 5.89. The highest BCUT2D eigenvalue weighted by atomic mass is 19.2. The Balaban J connectivity index is 2.03. The van der Waals surface area contributed by atoms with E-state index in [0.29, 0.717) is 5.69 Å². The van der Waals surface area contributed by atoms with Gasteiger partial charge in [0, 0.05) is 11.3 Å². The Morgan fingerprint density at radius 2 is 1.67 bits per heavy atom. The number of nitrogens with two attached hydrogens (primary N) is 1. The van der Waals surface area contributed by atoms with E-state index in [1.54, 1.807) is 0 Å². The molecule has 7 heteroatoms. The van der Waals surface area contributed by atoms with Gasteiger partial charge < -0.3 is 10.3 Å². The Bertz CT molecular complexity index is 817. The first-order valence-electron chi connectivity index (χ1n) is 5.89. The standard InChI is InChI=1S/C14H8F3N3O/c15-10-4-2-8(18)6-9(10)14-19-13(20-21-14)7-1-3-11(16)12(17)5-7/h1-6H,18H2. The molecule has 0 bridgehead atoms. The Kier molecular flexibility index (Phi) is 3.09. The highest BCUT2D eigenvalue weighted by Gasteiger charge is 2.15. The zero-order valence-electron chi connectivity index (χ0n) is 10.5. The number of halogens is 3. The van der Waals surface area contributed by atoms with Crippen molar-refractivity contribution < 1.29 is 17.7 Å². The van der Waals surface area contributed by atoms with E-state index in [2.05, 4.69) is 10.1 Å². The van der Waals surface area contributed by atoms with Crippen LogP contribution in [-0.4, -0.2) is 10.1 Å². The summed E-state index contributed by atoms with van der Waals surface area (Å²) in [7, 11) is 0. The third kappa shape index (κ3) is 2.45. The summed E-state index contributed by atoms with van der Waals surface area (Å²) in [6.07, 6.45) is 0. The van der Waals surface area contributed by atoms with Crippen LogP contribution in [-0.2, 0) is 0 Å². The van der Waals surface area contributed by atoms with Gasteiger partial charge in [-0.3, -0.25) is 0 Å². The van der Waals surface area contributed by atoms with Crippen molar-refractivity contribution in [1.29, 1.82) is 0 Å². The molecule has 3 aromatic rings. The molecule has 0 unspecified atom stereocenters. The number of rotatable bonds is 2. The lowest BCUT2D eigenvalue weighted by molar-refractivity contribution is 0.429. The van der Waals surface area contributed by atoms with E-state index in [1.807, 2.05) is 0 Å². The average molecular weight is 291 g/mol. The molecule has 4 nitrogen and oxygen atoms in total. The second-order valence-corrected chi connectivity index (χ2v) is 4.29. The Hall–Kier alpha value is -2.83. The molecule has 0 saturated heterocycles. The normalized spacial score (nSPS) is 10.8. The minimum Gasteiger partial charge on any atom is -0.399 e. The number of aromatic nitrogens is 2. The maximum absolute atomic E-state index is 13.7. The molecule has 3 rings (SSSR count). The van der Waals surface area contributed by atoms with Gasteiger partial charge in [-0.2, -0.15) is 4.98 Å². The predicted molar refractivity (Wildman–Crippen MR) is 69.5 cm³/mol. The number of nitrogen functional groups attached to an aromatic ring is 1. The molecule has 1 heterocycles. The van der Waals surface area contributed by atoms with Crippen molar-refractivity contribution in [2.45, 2.75) is 0 Å². The van der Waals surface area contributed by atoms with Crippen LogP contribution in [0.5, 0.6) is 0 Å². The highest BCUT2D eigenvalue weighted by Crippen LogP contribution is 2.26. The Labute approximate surface area is 117 Å². The molecule has 106 valence electrons. The fourth-order valence-corrected chi connectivity index (χ4v) is 1.79. The van der Waals surface area contributed by atoms with Crippen LogP contribution in [0.25, 0.3) is 22.8 Å². The molecule has 2 aromatic carbocycles. The molecule has 21 heavy (non-hydrogen) atoms. The summed E-state index contributed by atoms with van der Waals surface area (Å²) in [4.78, 5) is 3.96. The Morgan fingerprint density at radius 3 is 2.43 bits per heavy atom. The van der Waals surface area contributed by atoms with Crippen LogP contribution in [0.3, 0.4) is 0 Å². The fourth-order valence-electron chi connectivity index (χ4n) is 1.79. The molecule has 0 radical (unpaired) electrons. The first-order chi connectivity index (χ1) is 10.0. The van der Waals surface area contributed by atoms with Crippen LogP contribution in [0, 0.1) is 17.5 Å². The Morgan fingerprint density at radius 1 is 0.905 bits per heavy atom. The van der Waals surface area contributed by atoms with Gasteiger partial charge in [-0.25, -0.2) is 13.2 Å². The summed E-state index contributed by atoms with van der Waals surface area (Å²) in [6.45, 7) is 0. The summed E-state index contributed by atoms with van der Waals surface area (Å²) in [5.74, 6) is -2.67. The fraction of sp³-hybridized carbons (Fsp3) is 0. The minimum atomic E-state index is -1.03. The number of anilines is 1. The van der Waals surface area contributed by atoms with Gasteiger partial charge in [-0.1, -0.05) is 5.16 Å². The zero-order valence-corrected chi connectivity index (χ0v) is 10.5. The van der Waals surface area contributed by atoms with Gasteiger partial charge >= 0.3 is 0 Å². The average Bonchev–Trinajstić information content (AvgIpc) is 2.94. The van der Waals surface area contributed by atoms with E-state index in [9.17, 15) is 13.2 Å². The largest absolute Gasteiger partial charge is 0.399 e. The summed E-state index contributed by atoms with van der Waals surface area (Å²) >= 11 is 0. The van der Waals surface area contributed by atoms with Crippen LogP contribution < -0.4 is 5.73 Å². The number of benzene rings is 2. The van der Waals surface area contributed by atoms with Gasteiger partial charge in [0.15, 0.2) is 11.6 Å². The van der Waals surface area contributed by atoms with Gasteiger partial charge in [0.2, 0.25) is 5.82 Å². The monoisotopic (exact) mass is 291 g/mol. The van der Waals surface area contributed by atoms with Crippen LogP contribution in [0.15, 0.2) is 40.9 Å². The lowest BCUT2D eigenvalue weighted by Crippen LogP contribution is -1.90. The molecular weight excluding hydrogens is 283 g/mol. The van der Waals surface area contributed by atoms with Crippen LogP contribution in [0.1, 0.15) is 0 Å². The maximum atomic E-state index is 13.7. The van der Waals surface area contributed by atoms with Gasteiger partial charge in [-0.05, 0) is 36.4 Å². The molecule has 2 N–H and O–H groups in total. The molecule has 0 atom stereocenters. The lowest BCUT2D eigenvalue weighted by atomic mass is 10.2. The smallest absolute Gasteiger partial charge is 0.261 e. The molecule has 0 aliphatic heterocycles. The van der Waals surface area contributed by atoms with Gasteiger partial charge in [0.1, 0.15) is 5.82 Å². The molecule has 0 amide bonds. The van der Waals surface area contributed by atoms with E-state index in [0.717, 1.165) is 12.1 Å². The van der Waals surface area contributed by atoms with E-state index in [4.69, 9.17) is 10.3 Å². The van der Waals surface area contributed by atoms with Gasteiger partial charge in [0.05, 0.1) is 5.56 Å². The molecule has 1 aromatic heterocycles. The quantitative estimate of drug-likeness (QED) is 0.735. The second kappa shape index (κ2) is 4.93. The zero-order chi connectivity index (χ0) is 15.0. The van der Waals surface area contributed by atoms with Crippen molar-refractivity contribution >= 4 is 5.69 Å². The van der Waals surface area contributed by atoms with Crippen molar-refractivity contribution in [2.24, 2.45) is 0 Å².